The molecule has 0 radical (unpaired) electrons. The number of hydrogen-bond donors (Lipinski definition) is 0. The van der Waals surface area contributed by atoms with Gasteiger partial charge in [-0.15, -0.1) is 0 Å². The van der Waals surface area contributed by atoms with Crippen molar-refractivity contribution in [1.29, 1.82) is 0 Å². The highest BCUT2D eigenvalue weighted by Gasteiger charge is 2.30. The average molecular weight is 538 g/mol. The Hall–Kier alpha value is -4.15. The van der Waals surface area contributed by atoms with Crippen LogP contribution in [-0.4, -0.2) is 41.0 Å². The molecule has 3 aromatic rings. The van der Waals surface area contributed by atoms with Crippen LogP contribution in [0.25, 0.3) is 6.08 Å². The lowest BCUT2D eigenvalue weighted by molar-refractivity contribution is -0.384. The fraction of sp³-hybridized carbons (Fsp3) is 0.115. The molecule has 1 aliphatic heterocycles. The van der Waals surface area contributed by atoms with Gasteiger partial charge in [-0.05, 0) is 77.5 Å². The molecule has 1 amide bonds. The summed E-state index contributed by atoms with van der Waals surface area (Å²) in [5.74, 6) is -0.194. The Labute approximate surface area is 221 Å². The number of amides is 1. The minimum atomic E-state index is -0.460. The highest BCUT2D eigenvalue weighted by molar-refractivity contribution is 8.18. The van der Waals surface area contributed by atoms with E-state index in [1.54, 1.807) is 67.7 Å². The zero-order valence-electron chi connectivity index (χ0n) is 19.7. The summed E-state index contributed by atoms with van der Waals surface area (Å²) in [7, 11) is 2.95. The lowest BCUT2D eigenvalue weighted by Crippen LogP contribution is -2.23. The Morgan fingerprint density at radius 1 is 1.14 bits per heavy atom. The number of nitrogens with zero attached hydrogens (tertiary/aromatic N) is 3. The number of aliphatic imine (C=N–C) groups is 1. The molecule has 0 aromatic heterocycles. The Morgan fingerprint density at radius 3 is 2.46 bits per heavy atom. The first kappa shape index (κ1) is 25.9. The van der Waals surface area contributed by atoms with Gasteiger partial charge in [0.15, 0.2) is 5.17 Å². The van der Waals surface area contributed by atoms with Crippen molar-refractivity contribution in [2.75, 3.05) is 14.2 Å². The van der Waals surface area contributed by atoms with Crippen LogP contribution in [0.15, 0.2) is 76.6 Å². The van der Waals surface area contributed by atoms with E-state index >= 15 is 0 Å². The summed E-state index contributed by atoms with van der Waals surface area (Å²) in [5, 5.41) is 11.6. The highest BCUT2D eigenvalue weighted by atomic mass is 35.5. The van der Waals surface area contributed by atoms with Crippen LogP contribution >= 0.6 is 23.4 Å². The maximum atomic E-state index is 12.8. The number of benzene rings is 3. The molecule has 1 fully saturated rings. The summed E-state index contributed by atoms with van der Waals surface area (Å²) in [6.07, 6.45) is 1.72. The van der Waals surface area contributed by atoms with E-state index in [4.69, 9.17) is 21.1 Å². The number of esters is 1. The molecular formula is C26H20ClN3O6S. The molecular weight excluding hydrogens is 518 g/mol. The number of rotatable bonds is 7. The van der Waals surface area contributed by atoms with Crippen LogP contribution in [0.3, 0.4) is 0 Å². The monoisotopic (exact) mass is 537 g/mol. The standard InChI is InChI=1S/C26H20ClN3O6S/c1-29-24(31)23(37-26(29)28-19-8-6-18(7-9-19)25(32)35-2)14-17-5-12-22(21(27)13-17)36-15-16-3-10-20(11-4-16)30(33)34/h3-14H,15H2,1-2H3. The van der Waals surface area contributed by atoms with Crippen molar-refractivity contribution in [3.05, 3.63) is 103 Å². The van der Waals surface area contributed by atoms with Crippen LogP contribution in [0.4, 0.5) is 11.4 Å². The number of thioether (sulfide) groups is 1. The summed E-state index contributed by atoms with van der Waals surface area (Å²) in [6, 6.07) is 17.8. The zero-order chi connectivity index (χ0) is 26.5. The normalized spacial score (nSPS) is 15.3. The van der Waals surface area contributed by atoms with Crippen LogP contribution in [-0.2, 0) is 16.1 Å². The molecule has 0 aliphatic carbocycles. The molecule has 0 unspecified atom stereocenters. The van der Waals surface area contributed by atoms with Crippen molar-refractivity contribution in [2.45, 2.75) is 6.61 Å². The van der Waals surface area contributed by atoms with Crippen molar-refractivity contribution in [1.82, 2.24) is 4.90 Å². The van der Waals surface area contributed by atoms with E-state index in [-0.39, 0.29) is 18.2 Å². The van der Waals surface area contributed by atoms with Gasteiger partial charge in [0.2, 0.25) is 0 Å². The van der Waals surface area contributed by atoms with Gasteiger partial charge in [-0.1, -0.05) is 17.7 Å². The Bertz CT molecular complexity index is 1420. The topological polar surface area (TPSA) is 111 Å². The molecule has 3 aromatic carbocycles. The third-order valence-corrected chi connectivity index (χ3v) is 6.67. The molecule has 0 N–H and O–H groups in total. The summed E-state index contributed by atoms with van der Waals surface area (Å²) in [6.45, 7) is 0.192. The third-order valence-electron chi connectivity index (χ3n) is 5.31. The maximum Gasteiger partial charge on any atom is 0.337 e. The average Bonchev–Trinajstić information content (AvgIpc) is 3.16. The number of methoxy groups -OCH3 is 1. The van der Waals surface area contributed by atoms with E-state index in [1.807, 2.05) is 0 Å². The highest BCUT2D eigenvalue weighted by Crippen LogP contribution is 2.34. The van der Waals surface area contributed by atoms with E-state index in [0.29, 0.717) is 37.7 Å². The van der Waals surface area contributed by atoms with Crippen LogP contribution in [0, 0.1) is 10.1 Å². The molecule has 188 valence electrons. The van der Waals surface area contributed by atoms with Gasteiger partial charge in [0.05, 0.1) is 33.2 Å². The first-order chi connectivity index (χ1) is 17.7. The second kappa shape index (κ2) is 11.3. The van der Waals surface area contributed by atoms with Crippen LogP contribution in [0.1, 0.15) is 21.5 Å². The first-order valence-corrected chi connectivity index (χ1v) is 12.0. The molecule has 9 nitrogen and oxygen atoms in total. The number of non-ortho nitro benzene ring substituents is 1. The fourth-order valence-corrected chi connectivity index (χ4v) is 4.53. The zero-order valence-corrected chi connectivity index (χ0v) is 21.3. The fourth-order valence-electron chi connectivity index (χ4n) is 3.30. The quantitative estimate of drug-likeness (QED) is 0.161. The molecule has 0 atom stereocenters. The summed E-state index contributed by atoms with van der Waals surface area (Å²) in [4.78, 5) is 41.1. The minimum absolute atomic E-state index is 0.00817. The van der Waals surface area contributed by atoms with Crippen LogP contribution in [0.2, 0.25) is 5.02 Å². The van der Waals surface area contributed by atoms with Gasteiger partial charge >= 0.3 is 5.97 Å². The number of likely N-dealkylation sites (N-methyl/N-ethyl adjacent to an activating group) is 1. The van der Waals surface area contributed by atoms with Gasteiger partial charge in [0, 0.05) is 19.2 Å². The number of ether oxygens (including phenoxy) is 2. The molecule has 4 rings (SSSR count). The largest absolute Gasteiger partial charge is 0.487 e. The van der Waals surface area contributed by atoms with E-state index in [9.17, 15) is 19.7 Å². The molecule has 11 heteroatoms. The second-order valence-electron chi connectivity index (χ2n) is 7.81. The molecule has 0 bridgehead atoms. The number of amidine groups is 1. The van der Waals surface area contributed by atoms with Crippen molar-refractivity contribution in [3.8, 4) is 5.75 Å². The Kier molecular flexibility index (Phi) is 7.90. The number of nitro benzene ring substituents is 1. The van der Waals surface area contributed by atoms with Gasteiger partial charge in [-0.3, -0.25) is 19.8 Å². The first-order valence-electron chi connectivity index (χ1n) is 10.9. The summed E-state index contributed by atoms with van der Waals surface area (Å²) in [5.41, 5.74) is 2.48. The van der Waals surface area contributed by atoms with Gasteiger partial charge < -0.3 is 9.47 Å². The lowest BCUT2D eigenvalue weighted by atomic mass is 10.2. The maximum absolute atomic E-state index is 12.8. The smallest absolute Gasteiger partial charge is 0.337 e. The van der Waals surface area contributed by atoms with Gasteiger partial charge in [0.25, 0.3) is 11.6 Å². The minimum Gasteiger partial charge on any atom is -0.487 e. The number of hydrogen-bond acceptors (Lipinski definition) is 8. The van der Waals surface area contributed by atoms with Gasteiger partial charge in [0.1, 0.15) is 12.4 Å². The predicted molar refractivity (Wildman–Crippen MR) is 142 cm³/mol. The van der Waals surface area contributed by atoms with E-state index < -0.39 is 10.9 Å². The number of halogens is 1. The molecule has 1 heterocycles. The molecule has 0 spiro atoms. The van der Waals surface area contributed by atoms with Gasteiger partial charge in [-0.25, -0.2) is 9.79 Å². The van der Waals surface area contributed by atoms with Crippen molar-refractivity contribution in [2.24, 2.45) is 4.99 Å². The molecule has 1 saturated heterocycles. The van der Waals surface area contributed by atoms with E-state index in [2.05, 4.69) is 4.99 Å². The SMILES string of the molecule is COC(=O)c1ccc(N=C2SC(=Cc3ccc(OCc4ccc([N+](=O)[O-])cc4)c(Cl)c3)C(=O)N2C)cc1. The summed E-state index contributed by atoms with van der Waals surface area (Å²) >= 11 is 7.62. The predicted octanol–water partition coefficient (Wildman–Crippen LogP) is 5.85. The third kappa shape index (κ3) is 6.16. The number of carbonyl (C=O) groups is 2. The summed E-state index contributed by atoms with van der Waals surface area (Å²) < 4.78 is 10.4. The van der Waals surface area contributed by atoms with Gasteiger partial charge in [-0.2, -0.15) is 0 Å². The Balaban J connectivity index is 1.44. The van der Waals surface area contributed by atoms with Crippen molar-refractivity contribution < 1.29 is 24.0 Å². The molecule has 37 heavy (non-hydrogen) atoms. The van der Waals surface area contributed by atoms with Crippen molar-refractivity contribution in [3.63, 3.8) is 0 Å². The van der Waals surface area contributed by atoms with Crippen LogP contribution < -0.4 is 4.74 Å². The Morgan fingerprint density at radius 2 is 1.84 bits per heavy atom. The number of nitro groups is 1. The number of carbonyl (C=O) groups excluding carboxylic acids is 2. The van der Waals surface area contributed by atoms with Crippen molar-refractivity contribution >= 4 is 57.9 Å². The van der Waals surface area contributed by atoms with E-state index in [0.717, 1.165) is 5.56 Å². The lowest BCUT2D eigenvalue weighted by Gasteiger charge is -2.09. The molecule has 1 aliphatic rings. The van der Waals surface area contributed by atoms with E-state index in [1.165, 1.54) is 35.9 Å². The second-order valence-corrected chi connectivity index (χ2v) is 9.23. The molecule has 0 saturated carbocycles. The van der Waals surface area contributed by atoms with Crippen LogP contribution in [0.5, 0.6) is 5.75 Å².